The molecule has 1 aromatic carbocycles. The molecule has 1 aromatic rings. The number of carbonyl (C=O) groups is 1. The topological polar surface area (TPSA) is 55.6 Å². The molecule has 1 heterocycles. The van der Waals surface area contributed by atoms with Gasteiger partial charge in [0.1, 0.15) is 0 Å². The van der Waals surface area contributed by atoms with Crippen molar-refractivity contribution in [1.82, 2.24) is 4.90 Å². The fourth-order valence-corrected chi connectivity index (χ4v) is 1.85. The van der Waals surface area contributed by atoms with E-state index >= 15 is 0 Å². The van der Waals surface area contributed by atoms with Crippen LogP contribution >= 0.6 is 0 Å². The molecule has 0 spiro atoms. The first kappa shape index (κ1) is 14.4. The fraction of sp³-hybridized carbons (Fsp3) is 0.417. The molecule has 1 aliphatic rings. The second-order valence-corrected chi connectivity index (χ2v) is 4.56. The van der Waals surface area contributed by atoms with Crippen LogP contribution in [0.25, 0.3) is 0 Å². The molecule has 0 unspecified atom stereocenters. The van der Waals surface area contributed by atoms with Crippen molar-refractivity contribution in [2.24, 2.45) is 11.7 Å². The first-order valence-electron chi connectivity index (χ1n) is 5.81. The van der Waals surface area contributed by atoms with Crippen molar-refractivity contribution in [3.8, 4) is 5.75 Å². The predicted molar refractivity (Wildman–Crippen MR) is 61.5 cm³/mol. The normalized spacial score (nSPS) is 15.9. The molecule has 0 bridgehead atoms. The van der Waals surface area contributed by atoms with Gasteiger partial charge in [-0.05, 0) is 18.2 Å². The zero-order valence-electron chi connectivity index (χ0n) is 10.3. The van der Waals surface area contributed by atoms with E-state index in [1.165, 1.54) is 4.90 Å². The molecule has 2 amide bonds. The Bertz CT molecular complexity index is 513. The molecule has 1 fully saturated rings. The van der Waals surface area contributed by atoms with Crippen molar-refractivity contribution in [3.05, 3.63) is 29.6 Å². The number of amides is 2. The Labute approximate surface area is 112 Å². The molecule has 0 atom stereocenters. The lowest BCUT2D eigenvalue weighted by Crippen LogP contribution is -2.54. The maximum Gasteiger partial charge on any atom is 0.416 e. The molecule has 2 N–H and O–H groups in total. The van der Waals surface area contributed by atoms with E-state index in [1.54, 1.807) is 0 Å². The first-order chi connectivity index (χ1) is 9.27. The number of likely N-dealkylation sites (tertiary alicyclic amines) is 1. The largest absolute Gasteiger partial charge is 0.490 e. The number of nitrogens with zero attached hydrogens (tertiary/aromatic N) is 1. The van der Waals surface area contributed by atoms with Crippen molar-refractivity contribution in [3.63, 3.8) is 0 Å². The van der Waals surface area contributed by atoms with Crippen molar-refractivity contribution in [2.75, 3.05) is 19.7 Å². The summed E-state index contributed by atoms with van der Waals surface area (Å²) in [5, 5.41) is 0. The van der Waals surface area contributed by atoms with Crippen LogP contribution in [0.1, 0.15) is 5.56 Å². The number of nitrogens with two attached hydrogens (primary N) is 1. The first-order valence-corrected chi connectivity index (χ1v) is 5.81. The summed E-state index contributed by atoms with van der Waals surface area (Å²) in [4.78, 5) is 12.1. The number of hydrogen-bond donors (Lipinski definition) is 1. The highest BCUT2D eigenvalue weighted by Gasteiger charge is 2.32. The Morgan fingerprint density at radius 3 is 2.60 bits per heavy atom. The zero-order chi connectivity index (χ0) is 14.9. The van der Waals surface area contributed by atoms with Crippen LogP contribution in [0.4, 0.5) is 22.4 Å². The summed E-state index contributed by atoms with van der Waals surface area (Å²) in [7, 11) is 0. The highest BCUT2D eigenvalue weighted by atomic mass is 19.4. The number of primary amides is 1. The minimum atomic E-state index is -4.55. The van der Waals surface area contributed by atoms with Crippen molar-refractivity contribution in [1.29, 1.82) is 0 Å². The van der Waals surface area contributed by atoms with Crippen molar-refractivity contribution < 1.29 is 27.1 Å². The van der Waals surface area contributed by atoms with E-state index in [2.05, 4.69) is 0 Å². The average Bonchev–Trinajstić information content (AvgIpc) is 2.27. The maximum absolute atomic E-state index is 13.4. The molecule has 0 radical (unpaired) electrons. The molecule has 2 rings (SSSR count). The number of alkyl halides is 3. The minimum Gasteiger partial charge on any atom is -0.490 e. The quantitative estimate of drug-likeness (QED) is 0.869. The van der Waals surface area contributed by atoms with Crippen molar-refractivity contribution in [2.45, 2.75) is 6.18 Å². The number of carbonyl (C=O) groups excluding carboxylic acids is 1. The second-order valence-electron chi connectivity index (χ2n) is 4.56. The van der Waals surface area contributed by atoms with Gasteiger partial charge in [0.05, 0.1) is 12.2 Å². The molecule has 1 aliphatic heterocycles. The molecule has 1 saturated heterocycles. The van der Waals surface area contributed by atoms with Crippen LogP contribution in [-0.2, 0) is 6.18 Å². The molecular weight excluding hydrogens is 280 g/mol. The van der Waals surface area contributed by atoms with Crippen LogP contribution in [0.3, 0.4) is 0 Å². The second kappa shape index (κ2) is 5.18. The SMILES string of the molecule is NC(=O)N1CC(COc2cc(C(F)(F)F)ccc2F)C1. The van der Waals surface area contributed by atoms with Gasteiger partial charge in [0, 0.05) is 19.0 Å². The zero-order valence-corrected chi connectivity index (χ0v) is 10.3. The lowest BCUT2D eigenvalue weighted by Gasteiger charge is -2.37. The fourth-order valence-electron chi connectivity index (χ4n) is 1.85. The van der Waals surface area contributed by atoms with E-state index in [0.29, 0.717) is 31.3 Å². The van der Waals surface area contributed by atoms with E-state index in [4.69, 9.17) is 10.5 Å². The molecule has 0 aliphatic carbocycles. The lowest BCUT2D eigenvalue weighted by atomic mass is 10.0. The summed E-state index contributed by atoms with van der Waals surface area (Å²) in [5.41, 5.74) is 4.05. The summed E-state index contributed by atoms with van der Waals surface area (Å²) in [6.07, 6.45) is -4.55. The van der Waals surface area contributed by atoms with Gasteiger partial charge >= 0.3 is 12.2 Å². The van der Waals surface area contributed by atoms with Crippen LogP contribution in [0.5, 0.6) is 5.75 Å². The number of benzene rings is 1. The molecule has 4 nitrogen and oxygen atoms in total. The van der Waals surface area contributed by atoms with E-state index in [9.17, 15) is 22.4 Å². The van der Waals surface area contributed by atoms with Crippen molar-refractivity contribution >= 4 is 6.03 Å². The number of ether oxygens (including phenoxy) is 1. The van der Waals surface area contributed by atoms with Gasteiger partial charge in [0.15, 0.2) is 11.6 Å². The summed E-state index contributed by atoms with van der Waals surface area (Å²) in [6.45, 7) is 0.744. The average molecular weight is 292 g/mol. The van der Waals surface area contributed by atoms with Crippen LogP contribution in [0.2, 0.25) is 0 Å². The van der Waals surface area contributed by atoms with Gasteiger partial charge in [-0.1, -0.05) is 0 Å². The Kier molecular flexibility index (Phi) is 3.74. The third-order valence-corrected chi connectivity index (χ3v) is 3.00. The maximum atomic E-state index is 13.4. The number of rotatable bonds is 3. The van der Waals surface area contributed by atoms with Gasteiger partial charge in [-0.15, -0.1) is 0 Å². The van der Waals surface area contributed by atoms with E-state index in [1.807, 2.05) is 0 Å². The van der Waals surface area contributed by atoms with Gasteiger partial charge in [0.25, 0.3) is 0 Å². The van der Waals surface area contributed by atoms with Crippen LogP contribution in [-0.4, -0.2) is 30.6 Å². The van der Waals surface area contributed by atoms with Gasteiger partial charge in [0.2, 0.25) is 0 Å². The highest BCUT2D eigenvalue weighted by molar-refractivity contribution is 5.72. The molecule has 0 saturated carbocycles. The van der Waals surface area contributed by atoms with E-state index < -0.39 is 29.3 Å². The third-order valence-electron chi connectivity index (χ3n) is 3.00. The van der Waals surface area contributed by atoms with Gasteiger partial charge in [-0.3, -0.25) is 0 Å². The number of hydrogen-bond acceptors (Lipinski definition) is 2. The highest BCUT2D eigenvalue weighted by Crippen LogP contribution is 2.32. The summed E-state index contributed by atoms with van der Waals surface area (Å²) >= 11 is 0. The summed E-state index contributed by atoms with van der Waals surface area (Å²) < 4.78 is 55.8. The van der Waals surface area contributed by atoms with Gasteiger partial charge < -0.3 is 15.4 Å². The molecule has 0 aromatic heterocycles. The van der Waals surface area contributed by atoms with Gasteiger partial charge in [-0.25, -0.2) is 9.18 Å². The van der Waals surface area contributed by atoms with Crippen LogP contribution in [0.15, 0.2) is 18.2 Å². The van der Waals surface area contributed by atoms with Crippen LogP contribution in [0, 0.1) is 11.7 Å². The Hall–Kier alpha value is -1.99. The van der Waals surface area contributed by atoms with Crippen LogP contribution < -0.4 is 10.5 Å². The third kappa shape index (κ3) is 3.12. The van der Waals surface area contributed by atoms with Gasteiger partial charge in [-0.2, -0.15) is 13.2 Å². The molecular formula is C12H12F4N2O2. The molecule has 110 valence electrons. The lowest BCUT2D eigenvalue weighted by molar-refractivity contribution is -0.137. The Balaban J connectivity index is 1.95. The summed E-state index contributed by atoms with van der Waals surface area (Å²) in [6, 6.07) is 1.43. The van der Waals surface area contributed by atoms with E-state index in [0.717, 1.165) is 0 Å². The minimum absolute atomic E-state index is 0.0298. The monoisotopic (exact) mass is 292 g/mol. The van der Waals surface area contributed by atoms with E-state index in [-0.39, 0.29) is 12.5 Å². The number of halogens is 4. The molecule has 8 heteroatoms. The standard InChI is InChI=1S/C12H12F4N2O2/c13-9-2-1-8(12(14,15)16)3-10(9)20-6-7-4-18(5-7)11(17)19/h1-3,7H,4-6H2,(H2,17,19). The smallest absolute Gasteiger partial charge is 0.416 e. The summed E-state index contributed by atoms with van der Waals surface area (Å²) in [5.74, 6) is -1.36. The molecule has 20 heavy (non-hydrogen) atoms. The predicted octanol–water partition coefficient (Wildman–Crippen LogP) is 2.23. The number of urea groups is 1. The Morgan fingerprint density at radius 1 is 1.40 bits per heavy atom. The Morgan fingerprint density at radius 2 is 2.05 bits per heavy atom.